The van der Waals surface area contributed by atoms with Gasteiger partial charge in [-0.1, -0.05) is 134 Å². The highest BCUT2D eigenvalue weighted by Gasteiger charge is 2.50. The first-order chi connectivity index (χ1) is 28.4. The largest absolute Gasteiger partial charge is 0.756 e. The van der Waals surface area contributed by atoms with Gasteiger partial charge in [-0.2, -0.15) is 0 Å². The Kier molecular flexibility index (Phi) is 33.3. The summed E-state index contributed by atoms with van der Waals surface area (Å²) < 4.78 is 33.1. The minimum atomic E-state index is -5.37. The van der Waals surface area contributed by atoms with Crippen molar-refractivity contribution in [3.05, 3.63) is 36.5 Å². The van der Waals surface area contributed by atoms with Crippen LogP contribution in [0.25, 0.3) is 0 Å². The van der Waals surface area contributed by atoms with Crippen molar-refractivity contribution in [2.45, 2.75) is 224 Å². The van der Waals surface area contributed by atoms with Gasteiger partial charge in [-0.3, -0.25) is 14.2 Å². The van der Waals surface area contributed by atoms with Gasteiger partial charge in [0.25, 0.3) is 7.82 Å². The van der Waals surface area contributed by atoms with Crippen molar-refractivity contribution in [2.75, 3.05) is 13.2 Å². The number of ether oxygens (including phenoxy) is 2. The molecule has 0 aromatic carbocycles. The second kappa shape index (κ2) is 35.6. The monoisotopic (exact) mass is 860 g/mol. The molecule has 0 amide bonds. The number of carbonyl (C=O) groups is 2. The quantitative estimate of drug-likeness (QED) is 0.0174. The number of hydrogen-bond donors (Lipinski definition) is 5. The Bertz CT molecular complexity index is 1180. The molecule has 0 aromatic rings. The van der Waals surface area contributed by atoms with Crippen molar-refractivity contribution < 1.29 is 63.1 Å². The zero-order valence-electron chi connectivity index (χ0n) is 36.3. The zero-order chi connectivity index (χ0) is 43.6. The van der Waals surface area contributed by atoms with Crippen molar-refractivity contribution in [3.8, 4) is 0 Å². The lowest BCUT2D eigenvalue weighted by atomic mass is 9.85. The molecule has 0 saturated heterocycles. The summed E-state index contributed by atoms with van der Waals surface area (Å²) >= 11 is 0. The maximum absolute atomic E-state index is 12.7. The summed E-state index contributed by atoms with van der Waals surface area (Å²) in [5, 5.41) is 50.0. The minimum Gasteiger partial charge on any atom is -0.756 e. The summed E-state index contributed by atoms with van der Waals surface area (Å²) in [5.41, 5.74) is 0. The predicted molar refractivity (Wildman–Crippen MR) is 228 cm³/mol. The molecule has 1 rings (SSSR count). The first-order valence-corrected chi connectivity index (χ1v) is 24.2. The highest BCUT2D eigenvalue weighted by atomic mass is 31.2. The fourth-order valence-corrected chi connectivity index (χ4v) is 7.67. The van der Waals surface area contributed by atoms with E-state index in [0.29, 0.717) is 12.8 Å². The average Bonchev–Trinajstić information content (AvgIpc) is 3.21. The van der Waals surface area contributed by atoms with Gasteiger partial charge in [0.2, 0.25) is 0 Å². The summed E-state index contributed by atoms with van der Waals surface area (Å²) in [6, 6.07) is 0. The number of aliphatic hydroxyl groups is 5. The van der Waals surface area contributed by atoms with Crippen LogP contribution in [-0.2, 0) is 32.7 Å². The van der Waals surface area contributed by atoms with Crippen LogP contribution in [0.5, 0.6) is 0 Å². The standard InChI is InChI=1S/C45H81O13P/c1-3-5-7-9-11-13-15-17-19-21-23-25-27-29-31-33-38(46)55-35-37(36-56-59(53,54)58-45-43(51)41(49)40(48)42(50)44(45)52)57-39(47)34-32-30-28-26-24-22-20-18-16-14-12-10-8-6-4-2/h12,14,17-20,37,40-45,48-52H,3-11,13,15-16,21-36H2,1-2H3,(H,53,54)/p-1/b14-12-,19-17-,20-18-/t37-,40?,41-,42+,43-,44-,45?/m1/s1. The van der Waals surface area contributed by atoms with Crippen molar-refractivity contribution in [2.24, 2.45) is 0 Å². The van der Waals surface area contributed by atoms with Crippen molar-refractivity contribution in [3.63, 3.8) is 0 Å². The van der Waals surface area contributed by atoms with Gasteiger partial charge in [-0.25, -0.2) is 0 Å². The van der Waals surface area contributed by atoms with Gasteiger partial charge < -0.3 is 48.9 Å². The van der Waals surface area contributed by atoms with Gasteiger partial charge in [0.05, 0.1) is 6.61 Å². The molecule has 59 heavy (non-hydrogen) atoms. The van der Waals surface area contributed by atoms with Crippen molar-refractivity contribution in [1.82, 2.24) is 0 Å². The van der Waals surface area contributed by atoms with E-state index in [9.17, 15) is 44.6 Å². The SMILES string of the molecule is CCCCC/C=C\C/C=C\CCCCCCCC(=O)O[C@H](COC(=O)CCCCCCC/C=C\CCCCCCCC)COP(=O)([O-])OC1[C@H](O)[C@H](O)C(O)[C@H](O)[C@H]1O. The fourth-order valence-electron chi connectivity index (χ4n) is 6.72. The van der Waals surface area contributed by atoms with Crippen LogP contribution < -0.4 is 4.89 Å². The molecule has 3 unspecified atom stereocenters. The van der Waals surface area contributed by atoms with Crippen LogP contribution in [0.15, 0.2) is 36.5 Å². The number of hydrogen-bond acceptors (Lipinski definition) is 13. The summed E-state index contributed by atoms with van der Waals surface area (Å²) in [7, 11) is -5.37. The molecule has 0 aliphatic heterocycles. The number of phosphoric ester groups is 1. The molecule has 0 heterocycles. The highest BCUT2D eigenvalue weighted by molar-refractivity contribution is 7.45. The Hall–Kier alpha value is -1.93. The molecule has 0 bridgehead atoms. The Morgan fingerprint density at radius 2 is 0.932 bits per heavy atom. The van der Waals surface area contributed by atoms with Crippen LogP contribution in [0.4, 0.5) is 0 Å². The Morgan fingerprint density at radius 1 is 0.542 bits per heavy atom. The molecule has 14 heteroatoms. The molecule has 8 atom stereocenters. The van der Waals surface area contributed by atoms with Gasteiger partial charge in [-0.15, -0.1) is 0 Å². The molecule has 0 radical (unpaired) electrons. The Labute approximate surface area is 355 Å². The highest BCUT2D eigenvalue weighted by Crippen LogP contribution is 2.43. The molecule has 1 saturated carbocycles. The number of rotatable bonds is 37. The number of esters is 2. The van der Waals surface area contributed by atoms with E-state index in [1.807, 2.05) is 0 Å². The van der Waals surface area contributed by atoms with Crippen LogP contribution >= 0.6 is 7.82 Å². The van der Waals surface area contributed by atoms with Crippen LogP contribution in [0, 0.1) is 0 Å². The number of allylic oxidation sites excluding steroid dienone is 6. The molecule has 344 valence electrons. The topological polar surface area (TPSA) is 212 Å². The predicted octanol–water partition coefficient (Wildman–Crippen LogP) is 7.98. The smallest absolute Gasteiger partial charge is 0.306 e. The van der Waals surface area contributed by atoms with E-state index in [-0.39, 0.29) is 12.8 Å². The van der Waals surface area contributed by atoms with Gasteiger partial charge in [0, 0.05) is 12.8 Å². The second-order valence-corrected chi connectivity index (χ2v) is 17.2. The van der Waals surface area contributed by atoms with Crippen LogP contribution in [0.1, 0.15) is 181 Å². The van der Waals surface area contributed by atoms with E-state index < -0.39 is 75.7 Å². The van der Waals surface area contributed by atoms with Crippen LogP contribution in [-0.4, -0.2) is 93.4 Å². The van der Waals surface area contributed by atoms with Crippen molar-refractivity contribution in [1.29, 1.82) is 0 Å². The van der Waals surface area contributed by atoms with E-state index in [4.69, 9.17) is 18.5 Å². The molecule has 1 aliphatic rings. The number of unbranched alkanes of at least 4 members (excludes halogenated alkanes) is 19. The summed E-state index contributed by atoms with van der Waals surface area (Å²) in [6.45, 7) is 3.15. The first-order valence-electron chi connectivity index (χ1n) is 22.8. The molecule has 0 aromatic heterocycles. The van der Waals surface area contributed by atoms with Gasteiger partial charge in [-0.05, 0) is 70.6 Å². The first kappa shape index (κ1) is 55.1. The van der Waals surface area contributed by atoms with Gasteiger partial charge in [0.1, 0.15) is 43.2 Å². The lowest BCUT2D eigenvalue weighted by Crippen LogP contribution is -2.64. The third kappa shape index (κ3) is 28.3. The normalized spacial score (nSPS) is 22.6. The molecule has 13 nitrogen and oxygen atoms in total. The van der Waals surface area contributed by atoms with Crippen LogP contribution in [0.2, 0.25) is 0 Å². The summed E-state index contributed by atoms with van der Waals surface area (Å²) in [4.78, 5) is 38.0. The third-order valence-corrected chi connectivity index (χ3v) is 11.4. The molecular formula is C45H80O13P-. The number of carbonyl (C=O) groups excluding carboxylic acids is 2. The third-order valence-electron chi connectivity index (χ3n) is 10.4. The Balaban J connectivity index is 2.49. The van der Waals surface area contributed by atoms with E-state index >= 15 is 0 Å². The Morgan fingerprint density at radius 3 is 1.44 bits per heavy atom. The van der Waals surface area contributed by atoms with Crippen LogP contribution in [0.3, 0.4) is 0 Å². The van der Waals surface area contributed by atoms with E-state index in [0.717, 1.165) is 83.5 Å². The number of aliphatic hydroxyl groups excluding tert-OH is 5. The maximum atomic E-state index is 12.7. The van der Waals surface area contributed by atoms with E-state index in [2.05, 4.69) is 50.3 Å². The second-order valence-electron chi connectivity index (χ2n) is 15.9. The molecule has 1 aliphatic carbocycles. The summed E-state index contributed by atoms with van der Waals surface area (Å²) in [6.07, 6.45) is 25.8. The zero-order valence-corrected chi connectivity index (χ0v) is 37.1. The molecule has 0 spiro atoms. The average molecular weight is 860 g/mol. The maximum Gasteiger partial charge on any atom is 0.306 e. The fraction of sp³-hybridized carbons (Fsp3) is 0.822. The number of phosphoric acid groups is 1. The van der Waals surface area contributed by atoms with Gasteiger partial charge >= 0.3 is 11.9 Å². The summed E-state index contributed by atoms with van der Waals surface area (Å²) in [5.74, 6) is -1.16. The van der Waals surface area contributed by atoms with Crippen molar-refractivity contribution >= 4 is 19.8 Å². The van der Waals surface area contributed by atoms with E-state index in [1.54, 1.807) is 0 Å². The van der Waals surface area contributed by atoms with E-state index in [1.165, 1.54) is 57.8 Å². The lowest BCUT2D eigenvalue weighted by molar-refractivity contribution is -0.261. The molecule has 5 N–H and O–H groups in total. The molecule has 1 fully saturated rings. The minimum absolute atomic E-state index is 0.0634. The van der Waals surface area contributed by atoms with Gasteiger partial charge in [0.15, 0.2) is 6.10 Å². The molecular weight excluding hydrogens is 779 g/mol. The lowest BCUT2D eigenvalue weighted by Gasteiger charge is -2.43.